The second-order valence-electron chi connectivity index (χ2n) is 4.87. The minimum absolute atomic E-state index is 0.543. The number of rotatable bonds is 4. The van der Waals surface area contributed by atoms with Gasteiger partial charge in [-0.2, -0.15) is 0 Å². The highest BCUT2D eigenvalue weighted by Crippen LogP contribution is 2.48. The van der Waals surface area contributed by atoms with Crippen molar-refractivity contribution in [3.8, 4) is 0 Å². The number of anilines is 3. The van der Waals surface area contributed by atoms with Gasteiger partial charge in [-0.25, -0.2) is 0 Å². The molecule has 1 atom stereocenters. The fourth-order valence-corrected chi connectivity index (χ4v) is 3.53. The summed E-state index contributed by atoms with van der Waals surface area (Å²) in [7, 11) is 0. The Bertz CT molecular complexity index is 574. The second kappa shape index (κ2) is 6.10. The molecule has 0 aromatic heterocycles. The summed E-state index contributed by atoms with van der Waals surface area (Å²) < 4.78 is 4.67. The maximum absolute atomic E-state index is 3.63. The molecule has 1 heterocycles. The van der Waals surface area contributed by atoms with Gasteiger partial charge in [-0.05, 0) is 30.7 Å². The number of hydrogen-bond acceptors (Lipinski definition) is 3. The second-order valence-corrected chi connectivity index (χ2v) is 7.40. The van der Waals surface area contributed by atoms with Gasteiger partial charge in [0, 0.05) is 11.4 Å². The van der Waals surface area contributed by atoms with Crippen molar-refractivity contribution in [1.82, 2.24) is 0 Å². The molecule has 4 heteroatoms. The van der Waals surface area contributed by atoms with Crippen molar-refractivity contribution in [2.75, 3.05) is 15.2 Å². The summed E-state index contributed by atoms with van der Waals surface area (Å²) in [6, 6.07) is 19.1. The van der Waals surface area contributed by atoms with Gasteiger partial charge in [0.15, 0.2) is 0 Å². The minimum Gasteiger partial charge on any atom is -0.296 e. The molecule has 3 rings (SSSR count). The molecule has 0 N–H and O–H groups in total. The third kappa shape index (κ3) is 2.81. The van der Waals surface area contributed by atoms with E-state index in [1.807, 2.05) is 0 Å². The van der Waals surface area contributed by atoms with E-state index in [9.17, 15) is 0 Å². The third-order valence-electron chi connectivity index (χ3n) is 3.27. The molecule has 2 aromatic rings. The zero-order chi connectivity index (χ0) is 13.9. The molecule has 0 radical (unpaired) electrons. The number of benzene rings is 2. The summed E-state index contributed by atoms with van der Waals surface area (Å²) in [5.41, 5.74) is 3.79. The van der Waals surface area contributed by atoms with Crippen LogP contribution in [0.3, 0.4) is 0 Å². The van der Waals surface area contributed by atoms with Crippen LogP contribution >= 0.6 is 28.1 Å². The average molecular weight is 349 g/mol. The van der Waals surface area contributed by atoms with Crippen molar-refractivity contribution < 1.29 is 0 Å². The first-order valence-corrected chi connectivity index (χ1v) is 8.44. The first-order chi connectivity index (χ1) is 9.75. The number of alkyl halides is 1. The number of para-hydroxylation sites is 3. The smallest absolute Gasteiger partial charge is 0.0784 e. The number of fused-ring (bicyclic) bond motifs is 1. The van der Waals surface area contributed by atoms with Gasteiger partial charge in [0.25, 0.3) is 0 Å². The zero-order valence-corrected chi connectivity index (χ0v) is 13.8. The topological polar surface area (TPSA) is 6.48 Å². The molecule has 0 bridgehead atoms. The van der Waals surface area contributed by atoms with E-state index < -0.39 is 0 Å². The highest BCUT2D eigenvalue weighted by atomic mass is 79.9. The van der Waals surface area contributed by atoms with Crippen molar-refractivity contribution in [2.45, 2.75) is 18.2 Å². The predicted molar refractivity (Wildman–Crippen MR) is 93.0 cm³/mol. The normalized spacial score (nSPS) is 15.3. The molecule has 2 aromatic carbocycles. The van der Waals surface area contributed by atoms with Gasteiger partial charge < -0.3 is 0 Å². The predicted octanol–water partition coefficient (Wildman–Crippen LogP) is 5.38. The monoisotopic (exact) mass is 348 g/mol. The van der Waals surface area contributed by atoms with Crippen LogP contribution in [0.5, 0.6) is 0 Å². The van der Waals surface area contributed by atoms with Crippen molar-refractivity contribution in [3.05, 3.63) is 54.6 Å². The Morgan fingerprint density at radius 2 is 1.65 bits per heavy atom. The SMILES string of the molecule is CC(Br)CCN1SN(c2ccccc2)c2ccccc21. The lowest BCUT2D eigenvalue weighted by atomic mass is 10.2. The van der Waals surface area contributed by atoms with Crippen LogP contribution < -0.4 is 8.61 Å². The van der Waals surface area contributed by atoms with Gasteiger partial charge >= 0.3 is 0 Å². The maximum atomic E-state index is 3.63. The molecule has 1 aliphatic heterocycles. The van der Waals surface area contributed by atoms with Gasteiger partial charge in [-0.3, -0.25) is 8.61 Å². The van der Waals surface area contributed by atoms with E-state index in [0.29, 0.717) is 4.83 Å². The molecule has 20 heavy (non-hydrogen) atoms. The minimum atomic E-state index is 0.543. The first kappa shape index (κ1) is 13.8. The van der Waals surface area contributed by atoms with Crippen LogP contribution in [-0.2, 0) is 0 Å². The summed E-state index contributed by atoms with van der Waals surface area (Å²) in [6.07, 6.45) is 1.13. The lowest BCUT2D eigenvalue weighted by Gasteiger charge is -2.19. The molecule has 0 aliphatic carbocycles. The molecule has 0 fully saturated rings. The van der Waals surface area contributed by atoms with Crippen LogP contribution in [0.4, 0.5) is 17.1 Å². The van der Waals surface area contributed by atoms with E-state index in [0.717, 1.165) is 13.0 Å². The number of hydrogen-bond donors (Lipinski definition) is 0. The molecular formula is C16H17BrN2S. The molecule has 0 saturated heterocycles. The molecule has 1 aliphatic rings. The van der Waals surface area contributed by atoms with Gasteiger partial charge in [0.2, 0.25) is 0 Å². The standard InChI is InChI=1S/C16H17BrN2S/c1-13(17)11-12-18-15-9-5-6-10-16(15)19(20-18)14-7-3-2-4-8-14/h2-10,13H,11-12H2,1H3. The van der Waals surface area contributed by atoms with Crippen molar-refractivity contribution in [3.63, 3.8) is 0 Å². The first-order valence-electron chi connectivity index (χ1n) is 6.79. The fourth-order valence-electron chi connectivity index (χ4n) is 2.24. The van der Waals surface area contributed by atoms with E-state index in [1.54, 1.807) is 12.1 Å². The van der Waals surface area contributed by atoms with E-state index in [1.165, 1.54) is 17.1 Å². The molecule has 0 saturated carbocycles. The van der Waals surface area contributed by atoms with Crippen LogP contribution in [0.15, 0.2) is 54.6 Å². The highest BCUT2D eigenvalue weighted by Gasteiger charge is 2.27. The largest absolute Gasteiger partial charge is 0.296 e. The average Bonchev–Trinajstić information content (AvgIpc) is 2.85. The molecule has 0 amide bonds. The van der Waals surface area contributed by atoms with Crippen molar-refractivity contribution in [1.29, 1.82) is 0 Å². The third-order valence-corrected chi connectivity index (χ3v) is 4.88. The van der Waals surface area contributed by atoms with Crippen molar-refractivity contribution >= 4 is 45.1 Å². The van der Waals surface area contributed by atoms with Crippen LogP contribution in [0, 0.1) is 0 Å². The van der Waals surface area contributed by atoms with E-state index in [4.69, 9.17) is 0 Å². The van der Waals surface area contributed by atoms with Crippen molar-refractivity contribution in [2.24, 2.45) is 0 Å². The fraction of sp³-hybridized carbons (Fsp3) is 0.250. The van der Waals surface area contributed by atoms with Crippen LogP contribution in [0.2, 0.25) is 0 Å². The van der Waals surface area contributed by atoms with Gasteiger partial charge in [0.1, 0.15) is 0 Å². The summed E-state index contributed by atoms with van der Waals surface area (Å²) in [5.74, 6) is 0. The van der Waals surface area contributed by atoms with Crippen LogP contribution in [0.25, 0.3) is 0 Å². The Labute approximate surface area is 133 Å². The van der Waals surface area contributed by atoms with Crippen LogP contribution in [-0.4, -0.2) is 11.4 Å². The lowest BCUT2D eigenvalue weighted by molar-refractivity contribution is 0.838. The maximum Gasteiger partial charge on any atom is 0.0784 e. The molecule has 0 spiro atoms. The van der Waals surface area contributed by atoms with E-state index in [2.05, 4.69) is 86.1 Å². The van der Waals surface area contributed by atoms with Crippen LogP contribution in [0.1, 0.15) is 13.3 Å². The van der Waals surface area contributed by atoms with Gasteiger partial charge in [0.05, 0.1) is 29.2 Å². The Balaban J connectivity index is 1.88. The molecule has 1 unspecified atom stereocenters. The molecule has 2 nitrogen and oxygen atoms in total. The summed E-state index contributed by atoms with van der Waals surface area (Å²) in [6.45, 7) is 3.24. The molecular weight excluding hydrogens is 332 g/mol. The van der Waals surface area contributed by atoms with E-state index >= 15 is 0 Å². The van der Waals surface area contributed by atoms with E-state index in [-0.39, 0.29) is 0 Å². The van der Waals surface area contributed by atoms with Gasteiger partial charge in [-0.1, -0.05) is 53.2 Å². The summed E-state index contributed by atoms with van der Waals surface area (Å²) in [4.78, 5) is 0.543. The Kier molecular flexibility index (Phi) is 4.22. The van der Waals surface area contributed by atoms with Gasteiger partial charge in [-0.15, -0.1) is 0 Å². The Hall–Kier alpha value is -1.13. The summed E-state index contributed by atoms with van der Waals surface area (Å²) >= 11 is 5.41. The zero-order valence-electron chi connectivity index (χ0n) is 11.4. The lowest BCUT2D eigenvalue weighted by Crippen LogP contribution is -2.17. The highest BCUT2D eigenvalue weighted by molar-refractivity contribution is 9.09. The Morgan fingerprint density at radius 3 is 2.35 bits per heavy atom. The Morgan fingerprint density at radius 1 is 1.00 bits per heavy atom. The number of halogens is 1. The quantitative estimate of drug-likeness (QED) is 0.540. The molecule has 104 valence electrons. The summed E-state index contributed by atoms with van der Waals surface area (Å²) in [5, 5.41) is 0. The number of nitrogens with zero attached hydrogens (tertiary/aromatic N) is 2.